The van der Waals surface area contributed by atoms with Crippen LogP contribution in [0.1, 0.15) is 57.5 Å². The summed E-state index contributed by atoms with van der Waals surface area (Å²) in [4.78, 5) is 35.9. The van der Waals surface area contributed by atoms with Gasteiger partial charge in [0.25, 0.3) is 0 Å². The number of aromatic carboxylic acids is 1. The van der Waals surface area contributed by atoms with Gasteiger partial charge in [0.1, 0.15) is 0 Å². The van der Waals surface area contributed by atoms with Gasteiger partial charge in [0.2, 0.25) is 5.91 Å². The number of carbonyl (C=O) groups excluding carboxylic acids is 2. The highest BCUT2D eigenvalue weighted by Gasteiger charge is 2.16. The predicted octanol–water partition coefficient (Wildman–Crippen LogP) is 4.47. The third kappa shape index (κ3) is 4.94. The number of Topliss-reactive ketones (excluding diaryl/α,β-unsaturated/α-hetero) is 1. The van der Waals surface area contributed by atoms with Crippen molar-refractivity contribution < 1.29 is 19.5 Å². The number of aryl methyl sites for hydroxylation is 2. The van der Waals surface area contributed by atoms with Gasteiger partial charge in [0, 0.05) is 22.0 Å². The van der Waals surface area contributed by atoms with Crippen molar-refractivity contribution in [1.29, 1.82) is 0 Å². The van der Waals surface area contributed by atoms with Crippen LogP contribution in [0.3, 0.4) is 0 Å². The average molecular weight is 477 g/mol. The quantitative estimate of drug-likeness (QED) is 0.475. The minimum Gasteiger partial charge on any atom is -0.478 e. The number of hydrogen-bond donors (Lipinski definition) is 2. The van der Waals surface area contributed by atoms with Crippen LogP contribution in [-0.2, 0) is 17.6 Å². The van der Waals surface area contributed by atoms with Gasteiger partial charge in [-0.15, -0.1) is 0 Å². The molecule has 0 saturated heterocycles. The third-order valence-corrected chi connectivity index (χ3v) is 5.41. The Labute approximate surface area is 171 Å². The van der Waals surface area contributed by atoms with Crippen molar-refractivity contribution in [1.82, 2.24) is 0 Å². The van der Waals surface area contributed by atoms with E-state index in [0.717, 1.165) is 22.8 Å². The lowest BCUT2D eigenvalue weighted by atomic mass is 9.89. The van der Waals surface area contributed by atoms with Gasteiger partial charge < -0.3 is 10.4 Å². The lowest BCUT2D eigenvalue weighted by molar-refractivity contribution is -0.116. The van der Waals surface area contributed by atoms with Gasteiger partial charge in [0.05, 0.1) is 11.3 Å². The van der Waals surface area contributed by atoms with Crippen LogP contribution in [0.2, 0.25) is 0 Å². The van der Waals surface area contributed by atoms with Gasteiger partial charge in [-0.2, -0.15) is 0 Å². The summed E-state index contributed by atoms with van der Waals surface area (Å²) in [7, 11) is 0. The zero-order chi connectivity index (χ0) is 19.4. The largest absolute Gasteiger partial charge is 0.478 e. The molecular formula is C21H20INO4. The van der Waals surface area contributed by atoms with Gasteiger partial charge in [-0.25, -0.2) is 4.79 Å². The molecule has 1 aliphatic rings. The minimum atomic E-state index is -1.10. The molecule has 2 aromatic rings. The molecule has 0 heterocycles. The first-order valence-electron chi connectivity index (χ1n) is 8.92. The molecular weight excluding hydrogens is 457 g/mol. The fourth-order valence-electron chi connectivity index (χ4n) is 3.29. The topological polar surface area (TPSA) is 83.5 Å². The second kappa shape index (κ2) is 8.65. The van der Waals surface area contributed by atoms with Crippen molar-refractivity contribution in [3.63, 3.8) is 0 Å². The van der Waals surface area contributed by atoms with E-state index in [1.165, 1.54) is 23.6 Å². The van der Waals surface area contributed by atoms with E-state index in [2.05, 4.69) is 5.32 Å². The van der Waals surface area contributed by atoms with E-state index in [0.29, 0.717) is 5.56 Å². The number of carboxylic acid groups (broad SMARTS) is 1. The smallest absolute Gasteiger partial charge is 0.337 e. The van der Waals surface area contributed by atoms with E-state index in [-0.39, 0.29) is 35.8 Å². The maximum atomic E-state index is 12.4. The first-order chi connectivity index (χ1) is 12.9. The van der Waals surface area contributed by atoms with Crippen LogP contribution in [0.15, 0.2) is 36.4 Å². The van der Waals surface area contributed by atoms with Gasteiger partial charge in [0.15, 0.2) is 5.78 Å². The van der Waals surface area contributed by atoms with E-state index in [1.807, 2.05) is 40.8 Å². The Kier molecular flexibility index (Phi) is 6.26. The van der Waals surface area contributed by atoms with Crippen LogP contribution in [0.4, 0.5) is 5.69 Å². The third-order valence-electron chi connectivity index (χ3n) is 4.74. The van der Waals surface area contributed by atoms with Gasteiger partial charge in [-0.1, -0.05) is 12.1 Å². The molecule has 1 aliphatic carbocycles. The van der Waals surface area contributed by atoms with Crippen molar-refractivity contribution in [3.05, 3.63) is 62.2 Å². The second-order valence-electron chi connectivity index (χ2n) is 6.66. The van der Waals surface area contributed by atoms with Gasteiger partial charge in [-0.3, -0.25) is 9.59 Å². The number of hydrogen-bond acceptors (Lipinski definition) is 3. The van der Waals surface area contributed by atoms with Crippen molar-refractivity contribution >= 4 is 45.9 Å². The molecule has 1 amide bonds. The Hall–Kier alpha value is -2.22. The number of benzene rings is 2. The van der Waals surface area contributed by atoms with Crippen LogP contribution in [0, 0.1) is 3.57 Å². The number of carboxylic acids is 1. The van der Waals surface area contributed by atoms with E-state index in [4.69, 9.17) is 0 Å². The Morgan fingerprint density at radius 3 is 2.44 bits per heavy atom. The molecule has 140 valence electrons. The number of nitrogens with one attached hydrogen (secondary N) is 1. The number of ketones is 1. The van der Waals surface area contributed by atoms with E-state index in [1.54, 1.807) is 12.1 Å². The summed E-state index contributed by atoms with van der Waals surface area (Å²) in [6.07, 6.45) is 4.51. The summed E-state index contributed by atoms with van der Waals surface area (Å²) >= 11 is 2.01. The van der Waals surface area contributed by atoms with Crippen LogP contribution in [-0.4, -0.2) is 22.8 Å². The molecule has 0 aliphatic heterocycles. The fraction of sp³-hybridized carbons (Fsp3) is 0.286. The number of amides is 1. The Bertz CT molecular complexity index is 907. The normalized spacial score (nSPS) is 12.9. The molecule has 27 heavy (non-hydrogen) atoms. The van der Waals surface area contributed by atoms with Crippen molar-refractivity contribution in [2.24, 2.45) is 0 Å². The Morgan fingerprint density at radius 1 is 0.963 bits per heavy atom. The van der Waals surface area contributed by atoms with Gasteiger partial charge >= 0.3 is 5.97 Å². The van der Waals surface area contributed by atoms with Crippen molar-refractivity contribution in [3.8, 4) is 0 Å². The van der Waals surface area contributed by atoms with Crippen LogP contribution < -0.4 is 5.32 Å². The number of carbonyl (C=O) groups is 3. The molecule has 5 nitrogen and oxygen atoms in total. The molecule has 0 spiro atoms. The summed E-state index contributed by atoms with van der Waals surface area (Å²) in [6.45, 7) is 0. The molecule has 0 atom stereocenters. The number of halogens is 1. The summed E-state index contributed by atoms with van der Waals surface area (Å²) in [5, 5.41) is 11.9. The molecule has 0 unspecified atom stereocenters. The van der Waals surface area contributed by atoms with Crippen LogP contribution >= 0.6 is 22.6 Å². The predicted molar refractivity (Wildman–Crippen MR) is 111 cm³/mol. The number of rotatable bonds is 6. The summed E-state index contributed by atoms with van der Waals surface area (Å²) < 4.78 is 0.769. The maximum absolute atomic E-state index is 12.4. The highest BCUT2D eigenvalue weighted by Crippen LogP contribution is 2.23. The van der Waals surface area contributed by atoms with E-state index < -0.39 is 5.97 Å². The van der Waals surface area contributed by atoms with Crippen molar-refractivity contribution in [2.75, 3.05) is 5.32 Å². The fourth-order valence-corrected chi connectivity index (χ4v) is 3.78. The van der Waals surface area contributed by atoms with Gasteiger partial charge in [-0.05, 0) is 83.7 Å². The summed E-state index contributed by atoms with van der Waals surface area (Å²) in [5.74, 6) is -1.54. The highest BCUT2D eigenvalue weighted by atomic mass is 127. The first-order valence-corrected chi connectivity index (χ1v) is 9.99. The zero-order valence-electron chi connectivity index (χ0n) is 14.8. The molecule has 2 aromatic carbocycles. The molecule has 0 fully saturated rings. The van der Waals surface area contributed by atoms with E-state index in [9.17, 15) is 19.5 Å². The minimum absolute atomic E-state index is 0.0148. The Morgan fingerprint density at radius 2 is 1.70 bits per heavy atom. The maximum Gasteiger partial charge on any atom is 0.337 e. The van der Waals surface area contributed by atoms with Crippen LogP contribution in [0.25, 0.3) is 0 Å². The molecule has 0 saturated carbocycles. The Balaban J connectivity index is 1.61. The number of anilines is 1. The van der Waals surface area contributed by atoms with Crippen LogP contribution in [0.5, 0.6) is 0 Å². The molecule has 6 heteroatoms. The summed E-state index contributed by atoms with van der Waals surface area (Å²) in [6, 6.07) is 10.6. The average Bonchev–Trinajstić information content (AvgIpc) is 2.67. The lowest BCUT2D eigenvalue weighted by Gasteiger charge is -2.16. The van der Waals surface area contributed by atoms with Crippen molar-refractivity contribution in [2.45, 2.75) is 38.5 Å². The standard InChI is InChI=1S/C21H20INO4/c22-16-7-8-18(17(12-16)21(26)27)23-20(25)10-9-19(24)15-6-5-13-3-1-2-4-14(13)11-15/h5-8,11-12H,1-4,9-10H2,(H,23,25)(H,26,27). The zero-order valence-corrected chi connectivity index (χ0v) is 16.9. The molecule has 0 radical (unpaired) electrons. The highest BCUT2D eigenvalue weighted by molar-refractivity contribution is 14.1. The molecule has 0 bridgehead atoms. The molecule has 3 rings (SSSR count). The lowest BCUT2D eigenvalue weighted by Crippen LogP contribution is -2.16. The first kappa shape index (κ1) is 19.5. The SMILES string of the molecule is O=C(CCC(=O)c1ccc2c(c1)CCCC2)Nc1ccc(I)cc1C(=O)O. The van der Waals surface area contributed by atoms with E-state index >= 15 is 0 Å². The molecule has 2 N–H and O–H groups in total. The monoisotopic (exact) mass is 477 g/mol. The molecule has 0 aromatic heterocycles. The number of fused-ring (bicyclic) bond motifs is 1. The summed E-state index contributed by atoms with van der Waals surface area (Å²) in [5.41, 5.74) is 3.48. The second-order valence-corrected chi connectivity index (χ2v) is 7.90.